The van der Waals surface area contributed by atoms with Gasteiger partial charge >= 0.3 is 0 Å². The van der Waals surface area contributed by atoms with Crippen LogP contribution in [0.2, 0.25) is 0 Å². The Kier molecular flexibility index (Phi) is 6.35. The number of hydrogen-bond acceptors (Lipinski definition) is 2. The van der Waals surface area contributed by atoms with Crippen molar-refractivity contribution in [2.45, 2.75) is 69.9 Å². The van der Waals surface area contributed by atoms with Crippen molar-refractivity contribution in [1.82, 2.24) is 4.81 Å². The summed E-state index contributed by atoms with van der Waals surface area (Å²) in [5.41, 5.74) is 0. The zero-order valence-electron chi connectivity index (χ0n) is 11.7. The molecule has 0 aliphatic carbocycles. The van der Waals surface area contributed by atoms with Crippen LogP contribution in [0.3, 0.4) is 0 Å². The highest BCUT2D eigenvalue weighted by atomic mass is 32.2. The van der Waals surface area contributed by atoms with Crippen LogP contribution < -0.4 is 0 Å². The monoisotopic (exact) mass is 229 g/mol. The average molecular weight is 229 g/mol. The van der Waals surface area contributed by atoms with Crippen LogP contribution in [0, 0.1) is 0 Å². The summed E-state index contributed by atoms with van der Waals surface area (Å²) < 4.78 is 0.434. The van der Waals surface area contributed by atoms with Gasteiger partial charge in [-0.1, -0.05) is 34.1 Å². The molecular weight excluding hydrogens is 201 g/mol. The van der Waals surface area contributed by atoms with Crippen molar-refractivity contribution < 1.29 is 0 Å². The molecule has 2 unspecified atom stereocenters. The first-order valence-electron chi connectivity index (χ1n) is 6.21. The van der Waals surface area contributed by atoms with Crippen LogP contribution in [0.5, 0.6) is 0 Å². The fourth-order valence-corrected chi connectivity index (χ4v) is 3.68. The highest BCUT2D eigenvalue weighted by Gasteiger charge is 2.34. The van der Waals surface area contributed by atoms with Crippen molar-refractivity contribution in [1.29, 1.82) is 0 Å². The van der Waals surface area contributed by atoms with Gasteiger partial charge in [0.05, 0.1) is 4.87 Å². The first-order valence-corrected chi connectivity index (χ1v) is 7.02. The molecular formula is C12H28BNS. The Labute approximate surface area is 102 Å². The maximum Gasteiger partial charge on any atom is 0.186 e. The van der Waals surface area contributed by atoms with E-state index in [1.165, 1.54) is 25.7 Å². The molecule has 0 aromatic heterocycles. The zero-order valence-corrected chi connectivity index (χ0v) is 12.5. The second kappa shape index (κ2) is 6.19. The minimum Gasteiger partial charge on any atom is -0.339 e. The van der Waals surface area contributed by atoms with Gasteiger partial charge in [-0.05, 0) is 33.2 Å². The van der Waals surface area contributed by atoms with Crippen LogP contribution in [-0.2, 0) is 0 Å². The van der Waals surface area contributed by atoms with Crippen LogP contribution in [0.15, 0.2) is 0 Å². The summed E-state index contributed by atoms with van der Waals surface area (Å²) in [6.07, 6.45) is 5.06. The van der Waals surface area contributed by atoms with Crippen molar-refractivity contribution >= 4 is 19.7 Å². The maximum atomic E-state index is 2.42. The third-order valence-electron chi connectivity index (χ3n) is 3.60. The molecule has 0 heterocycles. The molecule has 15 heavy (non-hydrogen) atoms. The van der Waals surface area contributed by atoms with E-state index < -0.39 is 0 Å². The molecule has 0 amide bonds. The summed E-state index contributed by atoms with van der Waals surface area (Å²) in [5, 5.41) is 0. The van der Waals surface area contributed by atoms with E-state index in [4.69, 9.17) is 0 Å². The van der Waals surface area contributed by atoms with Gasteiger partial charge in [-0.2, -0.15) is 0 Å². The molecule has 3 heteroatoms. The minimum atomic E-state index is 0.278. The van der Waals surface area contributed by atoms with Gasteiger partial charge in [0, 0.05) is 4.75 Å². The molecule has 0 saturated heterocycles. The minimum absolute atomic E-state index is 0.278. The summed E-state index contributed by atoms with van der Waals surface area (Å²) in [6, 6.07) is 0. The van der Waals surface area contributed by atoms with Crippen LogP contribution in [0.1, 0.15) is 60.3 Å². The van der Waals surface area contributed by atoms with Crippen LogP contribution >= 0.6 is 11.8 Å². The van der Waals surface area contributed by atoms with Crippen molar-refractivity contribution in [3.05, 3.63) is 0 Å². The topological polar surface area (TPSA) is 3.24 Å². The van der Waals surface area contributed by atoms with Gasteiger partial charge in [0.2, 0.25) is 0 Å². The summed E-state index contributed by atoms with van der Waals surface area (Å²) in [6.45, 7) is 11.7. The molecule has 0 N–H and O–H groups in total. The molecule has 0 saturated carbocycles. The summed E-state index contributed by atoms with van der Waals surface area (Å²) in [5.74, 6) is 0. The van der Waals surface area contributed by atoms with E-state index in [2.05, 4.69) is 66.2 Å². The van der Waals surface area contributed by atoms with Crippen LogP contribution in [0.25, 0.3) is 0 Å². The molecule has 0 aromatic carbocycles. The van der Waals surface area contributed by atoms with Crippen molar-refractivity contribution in [3.63, 3.8) is 0 Å². The first-order chi connectivity index (χ1) is 6.83. The van der Waals surface area contributed by atoms with Crippen molar-refractivity contribution in [2.75, 3.05) is 7.05 Å². The molecule has 1 nitrogen and oxygen atoms in total. The molecule has 0 aromatic rings. The molecule has 0 spiro atoms. The van der Waals surface area contributed by atoms with Crippen molar-refractivity contribution in [2.24, 2.45) is 0 Å². The van der Waals surface area contributed by atoms with Gasteiger partial charge in [0.25, 0.3) is 0 Å². The Hall–Kier alpha value is 0.375. The van der Waals surface area contributed by atoms with Gasteiger partial charge < -0.3 is 4.81 Å². The number of rotatable bonds is 7. The highest BCUT2D eigenvalue weighted by Crippen LogP contribution is 2.44. The molecule has 0 rings (SSSR count). The van der Waals surface area contributed by atoms with Gasteiger partial charge in [0.15, 0.2) is 7.98 Å². The Morgan fingerprint density at radius 2 is 1.67 bits per heavy atom. The van der Waals surface area contributed by atoms with Gasteiger partial charge in [-0.3, -0.25) is 0 Å². The number of hydrogen-bond donors (Lipinski definition) is 0. The summed E-state index contributed by atoms with van der Waals surface area (Å²) >= 11 is 2.15. The molecule has 0 aliphatic rings. The molecule has 0 radical (unpaired) electrons. The van der Waals surface area contributed by atoms with Gasteiger partial charge in [-0.15, -0.1) is 11.8 Å². The van der Waals surface area contributed by atoms with Crippen molar-refractivity contribution in [3.8, 4) is 0 Å². The number of nitrogens with zero attached hydrogens (tertiary/aromatic N) is 1. The SMILES string of the molecule is BN(C)C(C)(CC)SC(C)(CC)CCC. The van der Waals surface area contributed by atoms with Gasteiger partial charge in [0.1, 0.15) is 0 Å². The lowest BCUT2D eigenvalue weighted by Crippen LogP contribution is -2.42. The number of thioether (sulfide) groups is 1. The Morgan fingerprint density at radius 1 is 1.13 bits per heavy atom. The van der Waals surface area contributed by atoms with Gasteiger partial charge in [-0.25, -0.2) is 0 Å². The maximum absolute atomic E-state index is 2.42. The lowest BCUT2D eigenvalue weighted by Gasteiger charge is -2.43. The third-order valence-corrected chi connectivity index (χ3v) is 5.67. The Morgan fingerprint density at radius 3 is 1.93 bits per heavy atom. The normalized spacial score (nSPS) is 19.9. The predicted molar refractivity (Wildman–Crippen MR) is 76.2 cm³/mol. The molecule has 0 aliphatic heterocycles. The molecule has 2 atom stereocenters. The second-order valence-corrected chi connectivity index (χ2v) is 7.15. The smallest absolute Gasteiger partial charge is 0.186 e. The fraction of sp³-hybridized carbons (Fsp3) is 1.00. The van der Waals surface area contributed by atoms with E-state index in [9.17, 15) is 0 Å². The quantitative estimate of drug-likeness (QED) is 0.487. The molecule has 90 valence electrons. The average Bonchev–Trinajstić information content (AvgIpc) is 2.17. The lowest BCUT2D eigenvalue weighted by atomic mass is 10.0. The van der Waals surface area contributed by atoms with E-state index in [1.807, 2.05) is 0 Å². The van der Waals surface area contributed by atoms with Crippen LogP contribution in [-0.4, -0.2) is 29.5 Å². The molecule has 0 bridgehead atoms. The second-order valence-electron chi connectivity index (χ2n) is 5.08. The van der Waals surface area contributed by atoms with E-state index in [0.717, 1.165) is 0 Å². The fourth-order valence-electron chi connectivity index (χ4n) is 1.84. The Bertz CT molecular complexity index is 186. The zero-order chi connectivity index (χ0) is 12.1. The molecule has 0 fully saturated rings. The van der Waals surface area contributed by atoms with E-state index in [-0.39, 0.29) is 4.87 Å². The van der Waals surface area contributed by atoms with E-state index in [1.54, 1.807) is 0 Å². The summed E-state index contributed by atoms with van der Waals surface area (Å²) in [7, 11) is 4.39. The van der Waals surface area contributed by atoms with E-state index >= 15 is 0 Å². The predicted octanol–water partition coefficient (Wildman–Crippen LogP) is 3.29. The van der Waals surface area contributed by atoms with Crippen LogP contribution in [0.4, 0.5) is 0 Å². The van der Waals surface area contributed by atoms with E-state index in [0.29, 0.717) is 4.75 Å². The largest absolute Gasteiger partial charge is 0.339 e. The summed E-state index contributed by atoms with van der Waals surface area (Å²) in [4.78, 5) is 2.64. The Balaban J connectivity index is 4.63. The lowest BCUT2D eigenvalue weighted by molar-refractivity contribution is 0.359. The first kappa shape index (κ1) is 15.4. The highest BCUT2D eigenvalue weighted by molar-refractivity contribution is 8.01. The third kappa shape index (κ3) is 4.40. The standard InChI is InChI=1S/C12H28BNS/c1-7-10-11(4,8-2)15-12(5,9-3)14(6)13/h7-10,13H2,1-6H3.